The van der Waals surface area contributed by atoms with Gasteiger partial charge < -0.3 is 9.55 Å². The zero-order chi connectivity index (χ0) is 13.5. The number of aromatic nitrogens is 2. The second-order valence-corrected chi connectivity index (χ2v) is 5.50. The van der Waals surface area contributed by atoms with Crippen LogP contribution in [0.2, 0.25) is 0 Å². The summed E-state index contributed by atoms with van der Waals surface area (Å²) in [6.45, 7) is 6.10. The Balaban J connectivity index is 2.79. The van der Waals surface area contributed by atoms with Gasteiger partial charge in [0.25, 0.3) is 0 Å². The third-order valence-corrected chi connectivity index (χ3v) is 3.46. The molecule has 1 aromatic carbocycles. The van der Waals surface area contributed by atoms with Crippen LogP contribution in [0, 0.1) is 16.4 Å². The van der Waals surface area contributed by atoms with Crippen LogP contribution < -0.4 is 0 Å². The van der Waals surface area contributed by atoms with E-state index in [0.717, 1.165) is 18.9 Å². The molecule has 0 aliphatic rings. The minimum absolute atomic E-state index is 0.269. The molecule has 0 aliphatic heterocycles. The van der Waals surface area contributed by atoms with Crippen LogP contribution >= 0.6 is 12.2 Å². The lowest BCUT2D eigenvalue weighted by Crippen LogP contribution is -2.26. The number of rotatable bonds is 3. The molecule has 98 valence electrons. The molecule has 0 aliphatic carbocycles. The molecule has 1 heterocycles. The first-order chi connectivity index (χ1) is 8.36. The van der Waals surface area contributed by atoms with Gasteiger partial charge in [-0.1, -0.05) is 13.3 Å². The highest BCUT2D eigenvalue weighted by Crippen LogP contribution is 2.29. The van der Waals surface area contributed by atoms with Crippen molar-refractivity contribution in [2.75, 3.05) is 0 Å². The highest BCUT2D eigenvalue weighted by atomic mass is 32.1. The second kappa shape index (κ2) is 4.46. The zero-order valence-electron chi connectivity index (χ0n) is 10.7. The Labute approximate surface area is 110 Å². The number of fused-ring (bicyclic) bond motifs is 1. The van der Waals surface area contributed by atoms with Crippen LogP contribution in [0.25, 0.3) is 11.0 Å². The van der Waals surface area contributed by atoms with E-state index in [1.165, 1.54) is 6.07 Å². The SMILES string of the molecule is CCCC(C)(C)n1c(=S)[nH]c2c(F)cc(F)cc21. The fraction of sp³-hybridized carbons (Fsp3) is 0.462. The lowest BCUT2D eigenvalue weighted by Gasteiger charge is -2.27. The lowest BCUT2D eigenvalue weighted by atomic mass is 9.98. The van der Waals surface area contributed by atoms with Crippen molar-refractivity contribution < 1.29 is 8.78 Å². The van der Waals surface area contributed by atoms with E-state index in [-0.39, 0.29) is 11.1 Å². The van der Waals surface area contributed by atoms with E-state index >= 15 is 0 Å². The lowest BCUT2D eigenvalue weighted by molar-refractivity contribution is 0.329. The molecule has 0 fully saturated rings. The van der Waals surface area contributed by atoms with E-state index in [4.69, 9.17) is 12.2 Å². The van der Waals surface area contributed by atoms with Crippen LogP contribution in [-0.4, -0.2) is 9.55 Å². The van der Waals surface area contributed by atoms with Crippen LogP contribution in [0.5, 0.6) is 0 Å². The number of benzene rings is 1. The molecule has 1 N–H and O–H groups in total. The minimum Gasteiger partial charge on any atom is -0.328 e. The molecule has 1 aromatic heterocycles. The Kier molecular flexibility index (Phi) is 3.27. The summed E-state index contributed by atoms with van der Waals surface area (Å²) in [5.41, 5.74) is 0.478. The summed E-state index contributed by atoms with van der Waals surface area (Å²) in [5.74, 6) is -1.20. The van der Waals surface area contributed by atoms with Crippen molar-refractivity contribution in [3.05, 3.63) is 28.5 Å². The largest absolute Gasteiger partial charge is 0.328 e. The van der Waals surface area contributed by atoms with Crippen molar-refractivity contribution in [3.63, 3.8) is 0 Å². The average molecular weight is 270 g/mol. The molecule has 0 radical (unpaired) electrons. The van der Waals surface area contributed by atoms with Crippen molar-refractivity contribution in [1.29, 1.82) is 0 Å². The van der Waals surface area contributed by atoms with Gasteiger partial charge in [0.15, 0.2) is 10.6 Å². The summed E-state index contributed by atoms with van der Waals surface area (Å²) in [4.78, 5) is 2.82. The van der Waals surface area contributed by atoms with Gasteiger partial charge in [-0.25, -0.2) is 8.78 Å². The highest BCUT2D eigenvalue weighted by molar-refractivity contribution is 7.71. The van der Waals surface area contributed by atoms with E-state index in [1.54, 1.807) is 4.57 Å². The van der Waals surface area contributed by atoms with Crippen LogP contribution in [0.1, 0.15) is 33.6 Å². The summed E-state index contributed by atoms with van der Waals surface area (Å²) in [5, 5.41) is 0. The quantitative estimate of drug-likeness (QED) is 0.814. The summed E-state index contributed by atoms with van der Waals surface area (Å²) in [7, 11) is 0. The van der Waals surface area contributed by atoms with Crippen LogP contribution in [0.15, 0.2) is 12.1 Å². The standard InChI is InChI=1S/C13H16F2N2S/c1-4-5-13(2,3)17-10-7-8(14)6-9(15)11(10)16-12(17)18/h6-7H,4-5H2,1-3H3,(H,16,18). The third kappa shape index (κ3) is 2.07. The number of halogens is 2. The Bertz CT molecular complexity index is 640. The maximum absolute atomic E-state index is 13.7. The fourth-order valence-electron chi connectivity index (χ4n) is 2.46. The molecular weight excluding hydrogens is 254 g/mol. The van der Waals surface area contributed by atoms with E-state index < -0.39 is 11.6 Å². The number of nitrogens with zero attached hydrogens (tertiary/aromatic N) is 1. The van der Waals surface area contributed by atoms with E-state index in [9.17, 15) is 8.78 Å². The monoisotopic (exact) mass is 270 g/mol. The molecule has 2 aromatic rings. The van der Waals surface area contributed by atoms with E-state index in [2.05, 4.69) is 11.9 Å². The summed E-state index contributed by atoms with van der Waals surface area (Å²) < 4.78 is 29.3. The molecular formula is C13H16F2N2S. The van der Waals surface area contributed by atoms with Gasteiger partial charge in [0.1, 0.15) is 11.3 Å². The second-order valence-electron chi connectivity index (χ2n) is 5.11. The van der Waals surface area contributed by atoms with Crippen molar-refractivity contribution >= 4 is 23.3 Å². The van der Waals surface area contributed by atoms with E-state index in [0.29, 0.717) is 10.3 Å². The molecule has 5 heteroatoms. The summed E-state index contributed by atoms with van der Waals surface area (Å²) >= 11 is 5.24. The predicted molar refractivity (Wildman–Crippen MR) is 71.3 cm³/mol. The van der Waals surface area contributed by atoms with Gasteiger partial charge in [0.2, 0.25) is 0 Å². The first kappa shape index (κ1) is 13.2. The van der Waals surface area contributed by atoms with Crippen molar-refractivity contribution in [2.24, 2.45) is 0 Å². The van der Waals surface area contributed by atoms with Gasteiger partial charge in [0, 0.05) is 11.6 Å². The highest BCUT2D eigenvalue weighted by Gasteiger charge is 2.23. The normalized spacial score (nSPS) is 12.3. The maximum atomic E-state index is 13.7. The number of aromatic amines is 1. The van der Waals surface area contributed by atoms with Gasteiger partial charge in [-0.2, -0.15) is 0 Å². The number of nitrogens with one attached hydrogen (secondary N) is 1. The van der Waals surface area contributed by atoms with Crippen LogP contribution in [0.4, 0.5) is 8.78 Å². The van der Waals surface area contributed by atoms with Crippen LogP contribution in [0.3, 0.4) is 0 Å². The molecule has 18 heavy (non-hydrogen) atoms. The average Bonchev–Trinajstić information content (AvgIpc) is 2.55. The molecule has 0 atom stereocenters. The van der Waals surface area contributed by atoms with Crippen LogP contribution in [-0.2, 0) is 5.54 Å². The molecule has 0 bridgehead atoms. The predicted octanol–water partition coefficient (Wildman–Crippen LogP) is 4.51. The Hall–Kier alpha value is -1.23. The Morgan fingerprint density at radius 3 is 2.61 bits per heavy atom. The Morgan fingerprint density at radius 1 is 1.33 bits per heavy atom. The smallest absolute Gasteiger partial charge is 0.178 e. The molecule has 2 nitrogen and oxygen atoms in total. The van der Waals surface area contributed by atoms with Gasteiger partial charge in [-0.3, -0.25) is 0 Å². The molecule has 0 spiro atoms. The number of hydrogen-bond acceptors (Lipinski definition) is 1. The number of imidazole rings is 1. The summed E-state index contributed by atoms with van der Waals surface area (Å²) in [6.07, 6.45) is 1.85. The van der Waals surface area contributed by atoms with Gasteiger partial charge in [-0.05, 0) is 38.6 Å². The number of H-pyrrole nitrogens is 1. The van der Waals surface area contributed by atoms with Crippen molar-refractivity contribution in [3.8, 4) is 0 Å². The number of hydrogen-bond donors (Lipinski definition) is 1. The first-order valence-corrected chi connectivity index (χ1v) is 6.38. The minimum atomic E-state index is -0.609. The molecule has 0 unspecified atom stereocenters. The molecule has 2 rings (SSSR count). The summed E-state index contributed by atoms with van der Waals surface area (Å²) in [6, 6.07) is 2.19. The molecule has 0 saturated carbocycles. The van der Waals surface area contributed by atoms with Gasteiger partial charge in [0.05, 0.1) is 5.52 Å². The third-order valence-electron chi connectivity index (χ3n) is 3.18. The topological polar surface area (TPSA) is 20.7 Å². The van der Waals surface area contributed by atoms with Gasteiger partial charge in [-0.15, -0.1) is 0 Å². The maximum Gasteiger partial charge on any atom is 0.178 e. The fourth-order valence-corrected chi connectivity index (χ4v) is 2.90. The zero-order valence-corrected chi connectivity index (χ0v) is 11.5. The van der Waals surface area contributed by atoms with Crippen molar-refractivity contribution in [2.45, 2.75) is 39.2 Å². The van der Waals surface area contributed by atoms with E-state index in [1.807, 2.05) is 13.8 Å². The molecule has 0 amide bonds. The van der Waals surface area contributed by atoms with Gasteiger partial charge >= 0.3 is 0 Å². The molecule has 0 saturated heterocycles. The Morgan fingerprint density at radius 2 is 2.00 bits per heavy atom. The van der Waals surface area contributed by atoms with Crippen molar-refractivity contribution in [1.82, 2.24) is 9.55 Å². The first-order valence-electron chi connectivity index (χ1n) is 5.97.